The van der Waals surface area contributed by atoms with E-state index < -0.39 is 17.7 Å². The van der Waals surface area contributed by atoms with Gasteiger partial charge < -0.3 is 19.7 Å². The second-order valence-corrected chi connectivity index (χ2v) is 8.66. The van der Waals surface area contributed by atoms with E-state index in [1.165, 1.54) is 14.2 Å². The molecule has 2 N–H and O–H groups in total. The molecule has 1 fully saturated rings. The molecule has 4 atom stereocenters. The molecule has 1 aromatic heterocycles. The number of hydrogen-bond donors (Lipinski definition) is 2. The minimum absolute atomic E-state index is 0.181. The SMILES string of the molecule is COc1cccc(C2c3c(nc(N4CC(C)CC(C)C4)[nH]c3=O)NC(=O)C2C#N)c1OC. The maximum Gasteiger partial charge on any atom is 0.258 e. The molecule has 0 aliphatic carbocycles. The second-order valence-electron chi connectivity index (χ2n) is 8.66. The number of anilines is 2. The molecule has 0 bridgehead atoms. The minimum Gasteiger partial charge on any atom is -0.493 e. The molecule has 32 heavy (non-hydrogen) atoms. The summed E-state index contributed by atoms with van der Waals surface area (Å²) in [6.07, 6.45) is 1.12. The molecule has 3 heterocycles. The number of nitriles is 1. The Labute approximate surface area is 186 Å². The number of fused-ring (bicyclic) bond motifs is 1. The third-order valence-corrected chi connectivity index (χ3v) is 6.19. The van der Waals surface area contributed by atoms with Crippen LogP contribution in [0, 0.1) is 29.1 Å². The van der Waals surface area contributed by atoms with Crippen molar-refractivity contribution in [2.45, 2.75) is 26.2 Å². The fourth-order valence-electron chi connectivity index (χ4n) is 4.98. The summed E-state index contributed by atoms with van der Waals surface area (Å²) in [6, 6.07) is 7.25. The molecule has 1 aromatic carbocycles. The maximum atomic E-state index is 13.3. The lowest BCUT2D eigenvalue weighted by molar-refractivity contribution is -0.119. The average Bonchev–Trinajstić information content (AvgIpc) is 2.76. The predicted molar refractivity (Wildman–Crippen MR) is 119 cm³/mol. The van der Waals surface area contributed by atoms with Crippen LogP contribution in [0.25, 0.3) is 0 Å². The van der Waals surface area contributed by atoms with Crippen molar-refractivity contribution in [2.75, 3.05) is 37.5 Å². The van der Waals surface area contributed by atoms with E-state index >= 15 is 0 Å². The molecule has 9 heteroatoms. The minimum atomic E-state index is -1.12. The first-order chi connectivity index (χ1) is 15.4. The Balaban J connectivity index is 1.87. The summed E-state index contributed by atoms with van der Waals surface area (Å²) in [5.74, 6) is -0.0995. The van der Waals surface area contributed by atoms with Crippen LogP contribution in [0.3, 0.4) is 0 Å². The molecule has 1 saturated heterocycles. The molecule has 0 radical (unpaired) electrons. The van der Waals surface area contributed by atoms with Crippen LogP contribution < -0.4 is 25.2 Å². The van der Waals surface area contributed by atoms with Crippen molar-refractivity contribution in [1.29, 1.82) is 5.26 Å². The summed E-state index contributed by atoms with van der Waals surface area (Å²) in [5.41, 5.74) is 0.380. The van der Waals surface area contributed by atoms with E-state index in [4.69, 9.17) is 9.47 Å². The zero-order valence-corrected chi connectivity index (χ0v) is 18.6. The van der Waals surface area contributed by atoms with Gasteiger partial charge in [-0.3, -0.25) is 14.6 Å². The largest absolute Gasteiger partial charge is 0.493 e. The normalized spacial score (nSPS) is 24.8. The van der Waals surface area contributed by atoms with Gasteiger partial charge in [0, 0.05) is 24.6 Å². The van der Waals surface area contributed by atoms with Gasteiger partial charge in [-0.05, 0) is 24.3 Å². The Bertz CT molecular complexity index is 1130. The van der Waals surface area contributed by atoms with Crippen molar-refractivity contribution < 1.29 is 14.3 Å². The molecule has 0 saturated carbocycles. The maximum absolute atomic E-state index is 13.3. The summed E-state index contributed by atoms with van der Waals surface area (Å²) >= 11 is 0. The van der Waals surface area contributed by atoms with Crippen molar-refractivity contribution >= 4 is 17.7 Å². The average molecular weight is 438 g/mol. The van der Waals surface area contributed by atoms with Crippen molar-refractivity contribution in [3.8, 4) is 17.6 Å². The van der Waals surface area contributed by atoms with Crippen LogP contribution in [0.4, 0.5) is 11.8 Å². The second kappa shape index (κ2) is 8.54. The van der Waals surface area contributed by atoms with Gasteiger partial charge in [-0.15, -0.1) is 0 Å². The Morgan fingerprint density at radius 2 is 1.88 bits per heavy atom. The quantitative estimate of drug-likeness (QED) is 0.754. The first kappa shape index (κ1) is 21.7. The van der Waals surface area contributed by atoms with E-state index in [0.29, 0.717) is 34.8 Å². The van der Waals surface area contributed by atoms with Gasteiger partial charge in [0.15, 0.2) is 11.5 Å². The number of aromatic nitrogens is 2. The van der Waals surface area contributed by atoms with E-state index in [0.717, 1.165) is 19.5 Å². The molecule has 1 amide bonds. The van der Waals surface area contributed by atoms with Crippen molar-refractivity contribution in [3.63, 3.8) is 0 Å². The van der Waals surface area contributed by atoms with Gasteiger partial charge in [-0.2, -0.15) is 10.2 Å². The highest BCUT2D eigenvalue weighted by molar-refractivity contribution is 5.98. The molecule has 0 spiro atoms. The van der Waals surface area contributed by atoms with E-state index in [1.54, 1.807) is 18.2 Å². The summed E-state index contributed by atoms with van der Waals surface area (Å²) < 4.78 is 10.9. The number of nitrogens with one attached hydrogen (secondary N) is 2. The molecule has 2 aliphatic rings. The van der Waals surface area contributed by atoms with Gasteiger partial charge in [0.05, 0.1) is 25.9 Å². The lowest BCUT2D eigenvalue weighted by Crippen LogP contribution is -2.43. The Hall–Kier alpha value is -3.54. The molecule has 2 aliphatic heterocycles. The number of hydrogen-bond acceptors (Lipinski definition) is 7. The predicted octanol–water partition coefficient (Wildman–Crippen LogP) is 2.49. The molecule has 4 unspecified atom stereocenters. The number of aromatic amines is 1. The van der Waals surface area contributed by atoms with Gasteiger partial charge in [-0.1, -0.05) is 26.0 Å². The number of methoxy groups -OCH3 is 2. The lowest BCUT2D eigenvalue weighted by atomic mass is 9.78. The third-order valence-electron chi connectivity index (χ3n) is 6.19. The first-order valence-corrected chi connectivity index (χ1v) is 10.7. The first-order valence-electron chi connectivity index (χ1n) is 10.7. The van der Waals surface area contributed by atoms with E-state index in [9.17, 15) is 14.9 Å². The molecule has 2 aromatic rings. The van der Waals surface area contributed by atoms with Gasteiger partial charge >= 0.3 is 0 Å². The van der Waals surface area contributed by atoms with Crippen LogP contribution >= 0.6 is 0 Å². The van der Waals surface area contributed by atoms with Crippen molar-refractivity contribution in [1.82, 2.24) is 9.97 Å². The van der Waals surface area contributed by atoms with Crippen LogP contribution in [0.15, 0.2) is 23.0 Å². The number of benzene rings is 1. The monoisotopic (exact) mass is 437 g/mol. The van der Waals surface area contributed by atoms with E-state index in [-0.39, 0.29) is 16.9 Å². The Morgan fingerprint density at radius 1 is 1.16 bits per heavy atom. The highest BCUT2D eigenvalue weighted by atomic mass is 16.5. The van der Waals surface area contributed by atoms with Crippen molar-refractivity contribution in [2.24, 2.45) is 17.8 Å². The summed E-state index contributed by atoms with van der Waals surface area (Å²) in [6.45, 7) is 5.88. The fraction of sp³-hybridized carbons (Fsp3) is 0.478. The molecule has 9 nitrogen and oxygen atoms in total. The standard InChI is InChI=1S/C23H27N5O4/c1-12-8-13(2)11-28(10-12)23-26-20-18(22(30)27-23)17(15(9-24)21(29)25-20)14-6-5-7-16(31-3)19(14)32-4/h5-7,12-13,15,17H,8,10-11H2,1-4H3,(H2,25,26,27,29,30). The molecule has 4 rings (SSSR count). The van der Waals surface area contributed by atoms with Crippen LogP contribution in [0.5, 0.6) is 11.5 Å². The molecular weight excluding hydrogens is 410 g/mol. The van der Waals surface area contributed by atoms with Gasteiger partial charge in [-0.25, -0.2) is 0 Å². The van der Waals surface area contributed by atoms with E-state index in [1.807, 2.05) is 11.0 Å². The zero-order valence-electron chi connectivity index (χ0n) is 18.6. The number of carbonyl (C=O) groups is 1. The number of H-pyrrole nitrogens is 1. The van der Waals surface area contributed by atoms with Gasteiger partial charge in [0.1, 0.15) is 11.7 Å². The smallest absolute Gasteiger partial charge is 0.258 e. The number of para-hydroxylation sites is 1. The third kappa shape index (κ3) is 3.66. The zero-order chi connectivity index (χ0) is 23.0. The summed E-state index contributed by atoms with van der Waals surface area (Å²) in [4.78, 5) is 35.8. The topological polar surface area (TPSA) is 120 Å². The van der Waals surface area contributed by atoms with Crippen LogP contribution in [0.1, 0.15) is 37.3 Å². The molecular formula is C23H27N5O4. The highest BCUT2D eigenvalue weighted by Crippen LogP contribution is 2.44. The van der Waals surface area contributed by atoms with Crippen LogP contribution in [-0.2, 0) is 4.79 Å². The van der Waals surface area contributed by atoms with E-state index in [2.05, 4.69) is 29.1 Å². The lowest BCUT2D eigenvalue weighted by Gasteiger charge is -2.36. The Morgan fingerprint density at radius 3 is 2.50 bits per heavy atom. The number of carbonyl (C=O) groups excluding carboxylic acids is 1. The Kier molecular flexibility index (Phi) is 5.78. The number of rotatable bonds is 4. The summed E-state index contributed by atoms with van der Waals surface area (Å²) in [5, 5.41) is 12.5. The number of nitrogens with zero attached hydrogens (tertiary/aromatic N) is 3. The fourth-order valence-corrected chi connectivity index (χ4v) is 4.98. The number of ether oxygens (including phenoxy) is 2. The van der Waals surface area contributed by atoms with Crippen molar-refractivity contribution in [3.05, 3.63) is 39.7 Å². The number of piperidine rings is 1. The van der Waals surface area contributed by atoms with Crippen LogP contribution in [-0.4, -0.2) is 43.2 Å². The van der Waals surface area contributed by atoms with Crippen LogP contribution in [0.2, 0.25) is 0 Å². The van der Waals surface area contributed by atoms with Gasteiger partial charge in [0.25, 0.3) is 5.56 Å². The number of amides is 1. The highest BCUT2D eigenvalue weighted by Gasteiger charge is 2.42. The molecule has 168 valence electrons. The summed E-state index contributed by atoms with van der Waals surface area (Å²) in [7, 11) is 2.99. The van der Waals surface area contributed by atoms with Gasteiger partial charge in [0.2, 0.25) is 11.9 Å².